The fraction of sp³-hybridized carbons (Fsp3) is 0.556. The molecule has 2 aromatic carbocycles. The molecule has 3 atom stereocenters. The Balaban J connectivity index is 2.30. The van der Waals surface area contributed by atoms with Crippen molar-refractivity contribution in [3.8, 4) is 11.5 Å². The molecule has 0 fully saturated rings. The van der Waals surface area contributed by atoms with Crippen molar-refractivity contribution >= 4 is 29.1 Å². The number of esters is 1. The van der Waals surface area contributed by atoms with Crippen LogP contribution in [0.4, 0.5) is 5.69 Å². The molecule has 0 radical (unpaired) electrons. The van der Waals surface area contributed by atoms with Crippen LogP contribution in [0.3, 0.4) is 0 Å². The average molecular weight is 673 g/mol. The van der Waals surface area contributed by atoms with E-state index in [9.17, 15) is 24.6 Å². The van der Waals surface area contributed by atoms with Gasteiger partial charge in [-0.2, -0.15) is 0 Å². The van der Waals surface area contributed by atoms with Gasteiger partial charge in [0.05, 0.1) is 37.7 Å². The van der Waals surface area contributed by atoms with E-state index in [1.807, 2.05) is 48.5 Å². The summed E-state index contributed by atoms with van der Waals surface area (Å²) in [5.74, 6) is -0.205. The van der Waals surface area contributed by atoms with Crippen molar-refractivity contribution in [3.63, 3.8) is 0 Å². The molecule has 2 rings (SSSR count). The number of benzene rings is 2. The van der Waals surface area contributed by atoms with Crippen LogP contribution in [0.15, 0.2) is 41.6 Å². The Morgan fingerprint density at radius 1 is 0.854 bits per heavy atom. The van der Waals surface area contributed by atoms with Gasteiger partial charge in [0.15, 0.2) is 12.4 Å². The van der Waals surface area contributed by atoms with Gasteiger partial charge in [0.25, 0.3) is 5.91 Å². The second-order valence-electron chi connectivity index (χ2n) is 13.5. The minimum atomic E-state index is -1.37. The number of anilines is 1. The van der Waals surface area contributed by atoms with E-state index < -0.39 is 42.2 Å². The van der Waals surface area contributed by atoms with Gasteiger partial charge in [-0.25, -0.2) is 4.79 Å². The molecule has 0 spiro atoms. The fourth-order valence-electron chi connectivity index (χ4n) is 4.56. The van der Waals surface area contributed by atoms with Crippen molar-refractivity contribution in [3.05, 3.63) is 53.1 Å². The molecule has 0 unspecified atom stereocenters. The third-order valence-electron chi connectivity index (χ3n) is 6.98. The van der Waals surface area contributed by atoms with Gasteiger partial charge in [-0.05, 0) is 54.5 Å². The number of carbonyl (C=O) groups is 3. The summed E-state index contributed by atoms with van der Waals surface area (Å²) in [6.07, 6.45) is -3.23. The molecule has 266 valence electrons. The quantitative estimate of drug-likeness (QED) is 0.0843. The van der Waals surface area contributed by atoms with E-state index in [0.717, 1.165) is 0 Å². The van der Waals surface area contributed by atoms with Gasteiger partial charge < -0.3 is 39.3 Å². The Bertz CT molecular complexity index is 1410. The lowest BCUT2D eigenvalue weighted by Gasteiger charge is -2.32. The molecule has 0 saturated carbocycles. The SMILES string of the molecule is COC(=O)c1ccc(CC(=O)c2ccc(NC(=O)CO/N=C(\[C@@H](O)[C@@H](C)O)[C@@H](OC)C(C)(C)C)c(OCC(C)C)c2)c(OCC(C)C)c1. The molecule has 0 aliphatic rings. The number of aliphatic hydroxyl groups excluding tert-OH is 2. The highest BCUT2D eigenvalue weighted by atomic mass is 16.6. The van der Waals surface area contributed by atoms with Gasteiger partial charge in [-0.15, -0.1) is 0 Å². The molecule has 0 saturated heterocycles. The number of aliphatic hydroxyl groups is 2. The molecule has 0 aromatic heterocycles. The number of ether oxygens (including phenoxy) is 4. The first kappa shape index (κ1) is 40.2. The predicted octanol–water partition coefficient (Wildman–Crippen LogP) is 5.08. The van der Waals surface area contributed by atoms with E-state index in [2.05, 4.69) is 10.5 Å². The lowest BCUT2D eigenvalue weighted by molar-refractivity contribution is -0.120. The normalized spacial score (nSPS) is 13.9. The Hall–Kier alpha value is -4.00. The number of nitrogens with zero attached hydrogens (tertiary/aromatic N) is 1. The predicted molar refractivity (Wildman–Crippen MR) is 183 cm³/mol. The van der Waals surface area contributed by atoms with Crippen molar-refractivity contribution in [1.82, 2.24) is 0 Å². The number of amides is 1. The summed E-state index contributed by atoms with van der Waals surface area (Å²) in [6, 6.07) is 9.57. The second-order valence-corrected chi connectivity index (χ2v) is 13.5. The minimum Gasteiger partial charge on any atom is -0.493 e. The number of hydrogen-bond donors (Lipinski definition) is 3. The number of ketones is 1. The van der Waals surface area contributed by atoms with Gasteiger partial charge in [0, 0.05) is 24.7 Å². The van der Waals surface area contributed by atoms with Gasteiger partial charge in [-0.1, -0.05) is 59.7 Å². The Labute approximate surface area is 283 Å². The van der Waals surface area contributed by atoms with Crippen molar-refractivity contribution in [1.29, 1.82) is 0 Å². The average Bonchev–Trinajstić information content (AvgIpc) is 3.01. The summed E-state index contributed by atoms with van der Waals surface area (Å²) in [5.41, 5.74) is 1.15. The number of methoxy groups -OCH3 is 2. The molecule has 3 N–H and O–H groups in total. The first-order valence-electron chi connectivity index (χ1n) is 16.0. The van der Waals surface area contributed by atoms with Crippen molar-refractivity contribution in [2.75, 3.05) is 39.4 Å². The van der Waals surface area contributed by atoms with Crippen LogP contribution in [0.2, 0.25) is 0 Å². The molecule has 12 nitrogen and oxygen atoms in total. The van der Waals surface area contributed by atoms with Crippen LogP contribution in [0.5, 0.6) is 11.5 Å². The molecule has 0 aliphatic heterocycles. The van der Waals surface area contributed by atoms with Crippen LogP contribution < -0.4 is 14.8 Å². The summed E-state index contributed by atoms with van der Waals surface area (Å²) >= 11 is 0. The topological polar surface area (TPSA) is 162 Å². The molecule has 1 amide bonds. The highest BCUT2D eigenvalue weighted by Crippen LogP contribution is 2.29. The molecule has 0 heterocycles. The largest absolute Gasteiger partial charge is 0.493 e. The summed E-state index contributed by atoms with van der Waals surface area (Å²) < 4.78 is 22.3. The molecule has 12 heteroatoms. The van der Waals surface area contributed by atoms with Crippen molar-refractivity contribution < 1.29 is 48.4 Å². The van der Waals surface area contributed by atoms with E-state index in [-0.39, 0.29) is 29.8 Å². The third kappa shape index (κ3) is 12.2. The van der Waals surface area contributed by atoms with Crippen LogP contribution >= 0.6 is 0 Å². The van der Waals surface area contributed by atoms with Crippen molar-refractivity contribution in [2.45, 2.75) is 80.1 Å². The first-order valence-corrected chi connectivity index (χ1v) is 16.0. The molecule has 2 aromatic rings. The van der Waals surface area contributed by atoms with Gasteiger partial charge in [0.1, 0.15) is 29.4 Å². The van der Waals surface area contributed by atoms with Crippen LogP contribution in [-0.4, -0.2) is 85.9 Å². The summed E-state index contributed by atoms with van der Waals surface area (Å²) in [6.45, 7) is 15.2. The van der Waals surface area contributed by atoms with Crippen LogP contribution in [0.1, 0.15) is 81.7 Å². The van der Waals surface area contributed by atoms with E-state index in [0.29, 0.717) is 47.1 Å². The molecule has 48 heavy (non-hydrogen) atoms. The number of nitrogens with one attached hydrogen (secondary N) is 1. The van der Waals surface area contributed by atoms with Crippen LogP contribution in [0.25, 0.3) is 0 Å². The first-order chi connectivity index (χ1) is 22.5. The standard InChI is InChI=1S/C36H52N2O10/c1-21(2)18-46-29-17-26(35(43)45-10)12-11-25(29)15-28(40)24-13-14-27(30(16-24)47-19-22(3)4)37-31(41)20-48-38-32(33(42)23(5)39)34(44-9)36(6,7)8/h11-14,16-17,21-23,33-34,39,42H,15,18-20H2,1-10H3,(H,37,41)/b38-32+/t23-,33+,34-/m1/s1. The lowest BCUT2D eigenvalue weighted by atomic mass is 9.83. The maximum Gasteiger partial charge on any atom is 0.337 e. The number of Topliss-reactive ketones (excluding diaryl/α,β-unsaturated/α-hetero) is 1. The zero-order valence-electron chi connectivity index (χ0n) is 29.8. The second kappa shape index (κ2) is 18.5. The molecule has 0 aliphatic carbocycles. The number of oxime groups is 1. The highest BCUT2D eigenvalue weighted by Gasteiger charge is 2.36. The van der Waals surface area contributed by atoms with Crippen LogP contribution in [-0.2, 0) is 25.5 Å². The number of hydrogen-bond acceptors (Lipinski definition) is 11. The number of rotatable bonds is 18. The molecular formula is C36H52N2O10. The maximum absolute atomic E-state index is 13.5. The van der Waals surface area contributed by atoms with Crippen molar-refractivity contribution in [2.24, 2.45) is 22.4 Å². The fourth-order valence-corrected chi connectivity index (χ4v) is 4.56. The van der Waals surface area contributed by atoms with Gasteiger partial charge in [-0.3, -0.25) is 9.59 Å². The minimum absolute atomic E-state index is 0.00622. The lowest BCUT2D eigenvalue weighted by Crippen LogP contribution is -2.46. The monoisotopic (exact) mass is 672 g/mol. The smallest absolute Gasteiger partial charge is 0.337 e. The Morgan fingerprint density at radius 2 is 1.44 bits per heavy atom. The zero-order valence-corrected chi connectivity index (χ0v) is 29.8. The summed E-state index contributed by atoms with van der Waals surface area (Å²) in [4.78, 5) is 43.8. The summed E-state index contributed by atoms with van der Waals surface area (Å²) in [5, 5.41) is 27.3. The Kier molecular flexibility index (Phi) is 15.5. The van der Waals surface area contributed by atoms with E-state index in [4.69, 9.17) is 23.8 Å². The van der Waals surface area contributed by atoms with Crippen LogP contribution in [0, 0.1) is 17.3 Å². The van der Waals surface area contributed by atoms with Gasteiger partial charge in [0.2, 0.25) is 0 Å². The highest BCUT2D eigenvalue weighted by molar-refractivity contribution is 6.00. The van der Waals surface area contributed by atoms with Gasteiger partial charge >= 0.3 is 5.97 Å². The van der Waals surface area contributed by atoms with E-state index in [1.54, 1.807) is 36.4 Å². The van der Waals surface area contributed by atoms with E-state index >= 15 is 0 Å². The number of carbonyl (C=O) groups excluding carboxylic acids is 3. The maximum atomic E-state index is 13.5. The Morgan fingerprint density at radius 3 is 1.98 bits per heavy atom. The molecular weight excluding hydrogens is 620 g/mol. The summed E-state index contributed by atoms with van der Waals surface area (Å²) in [7, 11) is 2.76. The van der Waals surface area contributed by atoms with E-state index in [1.165, 1.54) is 21.1 Å². The third-order valence-corrected chi connectivity index (χ3v) is 6.98. The zero-order chi connectivity index (χ0) is 36.2. The molecule has 0 bridgehead atoms.